The molecule has 1 atom stereocenters. The Morgan fingerprint density at radius 3 is 2.59 bits per heavy atom. The minimum absolute atomic E-state index is 0.195. The molecule has 10 heteroatoms. The Kier molecular flexibility index (Phi) is 6.67. The molecule has 2 N–H and O–H groups in total. The fourth-order valence-corrected chi connectivity index (χ4v) is 4.02. The first kappa shape index (κ1) is 23.1. The van der Waals surface area contributed by atoms with Crippen LogP contribution in [0.4, 0.5) is 0 Å². The molecule has 0 spiro atoms. The number of benzene rings is 2. The van der Waals surface area contributed by atoms with Gasteiger partial charge < -0.3 is 19.5 Å². The van der Waals surface area contributed by atoms with E-state index in [1.165, 1.54) is 0 Å². The molecule has 3 aromatic rings. The Hall–Kier alpha value is -4.08. The maximum absolute atomic E-state index is 12.4. The second-order valence-corrected chi connectivity index (χ2v) is 7.95. The van der Waals surface area contributed by atoms with Crippen molar-refractivity contribution in [3.05, 3.63) is 47.7 Å². The van der Waals surface area contributed by atoms with Gasteiger partial charge in [-0.2, -0.15) is 5.10 Å². The zero-order valence-electron chi connectivity index (χ0n) is 19.2. The number of nitrogens with zero attached hydrogens (tertiary/aromatic N) is 2. The average Bonchev–Trinajstić information content (AvgIpc) is 3.17. The molecule has 3 amide bonds. The zero-order chi connectivity index (χ0) is 24.2. The van der Waals surface area contributed by atoms with Crippen LogP contribution in [-0.2, 0) is 28.0 Å². The summed E-state index contributed by atoms with van der Waals surface area (Å²) in [4.78, 5) is 36.3. The van der Waals surface area contributed by atoms with Crippen LogP contribution in [0.2, 0.25) is 0 Å². The van der Waals surface area contributed by atoms with Gasteiger partial charge in [-0.25, -0.2) is 0 Å². The van der Waals surface area contributed by atoms with E-state index in [1.54, 1.807) is 44.1 Å². The molecule has 1 aliphatic heterocycles. The number of ether oxygens (including phenoxy) is 3. The molecule has 2 aromatic carbocycles. The number of aryl methyl sites for hydroxylation is 1. The molecule has 0 bridgehead atoms. The van der Waals surface area contributed by atoms with E-state index in [0.717, 1.165) is 10.9 Å². The summed E-state index contributed by atoms with van der Waals surface area (Å²) in [5.41, 5.74) is 2.09. The van der Waals surface area contributed by atoms with Crippen LogP contribution in [0.25, 0.3) is 10.9 Å². The molecular formula is C24H26N4O6. The molecule has 178 valence electrons. The summed E-state index contributed by atoms with van der Waals surface area (Å²) in [5, 5.41) is 10.5. The van der Waals surface area contributed by atoms with Gasteiger partial charge in [-0.05, 0) is 30.2 Å². The number of carbonyl (C=O) groups excluding carboxylic acids is 3. The Morgan fingerprint density at radius 2 is 1.91 bits per heavy atom. The number of amides is 3. The second kappa shape index (κ2) is 9.82. The van der Waals surface area contributed by atoms with Crippen LogP contribution in [0.3, 0.4) is 0 Å². The lowest BCUT2D eigenvalue weighted by Crippen LogP contribution is -2.39. The highest BCUT2D eigenvalue weighted by molar-refractivity contribution is 6.03. The molecule has 2 heterocycles. The van der Waals surface area contributed by atoms with Crippen molar-refractivity contribution in [2.45, 2.75) is 25.3 Å². The van der Waals surface area contributed by atoms with Crippen LogP contribution in [0.15, 0.2) is 36.4 Å². The zero-order valence-corrected chi connectivity index (χ0v) is 19.2. The van der Waals surface area contributed by atoms with Gasteiger partial charge in [0.1, 0.15) is 22.8 Å². The second-order valence-electron chi connectivity index (χ2n) is 7.95. The van der Waals surface area contributed by atoms with E-state index in [0.29, 0.717) is 34.9 Å². The van der Waals surface area contributed by atoms with Crippen LogP contribution in [0, 0.1) is 0 Å². The number of hydrogen-bond donors (Lipinski definition) is 2. The third-order valence-electron chi connectivity index (χ3n) is 5.69. The number of methoxy groups -OCH3 is 2. The van der Waals surface area contributed by atoms with Crippen LogP contribution < -0.4 is 24.8 Å². The normalized spacial score (nSPS) is 15.7. The lowest BCUT2D eigenvalue weighted by molar-refractivity contribution is -0.134. The van der Waals surface area contributed by atoms with Crippen LogP contribution in [-0.4, -0.2) is 48.3 Å². The third kappa shape index (κ3) is 4.80. The first-order valence-corrected chi connectivity index (χ1v) is 10.8. The van der Waals surface area contributed by atoms with Gasteiger partial charge in [0.05, 0.1) is 25.8 Å². The highest BCUT2D eigenvalue weighted by Crippen LogP contribution is 2.34. The van der Waals surface area contributed by atoms with Crippen molar-refractivity contribution < 1.29 is 28.6 Å². The predicted molar refractivity (Wildman–Crippen MR) is 123 cm³/mol. The van der Waals surface area contributed by atoms with E-state index in [9.17, 15) is 14.4 Å². The van der Waals surface area contributed by atoms with E-state index in [2.05, 4.69) is 15.7 Å². The summed E-state index contributed by atoms with van der Waals surface area (Å²) in [6.07, 6.45) is 0.670. The topological polar surface area (TPSA) is 121 Å². The number of hydrogen-bond acceptors (Lipinski definition) is 7. The Labute approximate surface area is 196 Å². The molecular weight excluding hydrogens is 440 g/mol. The predicted octanol–water partition coefficient (Wildman–Crippen LogP) is 1.81. The quantitative estimate of drug-likeness (QED) is 0.486. The molecule has 1 aromatic heterocycles. The first-order valence-electron chi connectivity index (χ1n) is 10.8. The molecule has 1 aliphatic rings. The molecule has 0 aliphatic carbocycles. The Bertz CT molecular complexity index is 1230. The molecule has 10 nitrogen and oxygen atoms in total. The summed E-state index contributed by atoms with van der Waals surface area (Å²) in [5.74, 6) is 0.305. The van der Waals surface area contributed by atoms with Gasteiger partial charge in [-0.1, -0.05) is 12.1 Å². The number of imide groups is 1. The van der Waals surface area contributed by atoms with Gasteiger partial charge in [-0.3, -0.25) is 24.4 Å². The summed E-state index contributed by atoms with van der Waals surface area (Å²) < 4.78 is 17.9. The van der Waals surface area contributed by atoms with Crippen LogP contribution >= 0.6 is 0 Å². The minimum atomic E-state index is -0.514. The lowest BCUT2D eigenvalue weighted by atomic mass is 9.93. The Morgan fingerprint density at radius 1 is 1.18 bits per heavy atom. The van der Waals surface area contributed by atoms with E-state index >= 15 is 0 Å². The molecule has 0 saturated carbocycles. The summed E-state index contributed by atoms with van der Waals surface area (Å²) in [7, 11) is 4.88. The van der Waals surface area contributed by atoms with Crippen molar-refractivity contribution in [1.29, 1.82) is 0 Å². The van der Waals surface area contributed by atoms with Gasteiger partial charge in [-0.15, -0.1) is 0 Å². The highest BCUT2D eigenvalue weighted by Gasteiger charge is 2.32. The fourth-order valence-electron chi connectivity index (χ4n) is 4.02. The van der Waals surface area contributed by atoms with E-state index in [4.69, 9.17) is 14.2 Å². The largest absolute Gasteiger partial charge is 0.497 e. The summed E-state index contributed by atoms with van der Waals surface area (Å²) in [6.45, 7) is 0.0878. The molecule has 1 unspecified atom stereocenters. The van der Waals surface area contributed by atoms with Crippen molar-refractivity contribution in [2.75, 3.05) is 20.8 Å². The lowest BCUT2D eigenvalue weighted by Gasteiger charge is -2.19. The smallest absolute Gasteiger partial charge is 0.258 e. The van der Waals surface area contributed by atoms with Crippen molar-refractivity contribution in [2.24, 2.45) is 7.05 Å². The number of aromatic nitrogens is 2. The van der Waals surface area contributed by atoms with Gasteiger partial charge >= 0.3 is 0 Å². The third-order valence-corrected chi connectivity index (χ3v) is 5.69. The van der Waals surface area contributed by atoms with E-state index < -0.39 is 5.92 Å². The summed E-state index contributed by atoms with van der Waals surface area (Å²) in [6, 6.07) is 10.8. The van der Waals surface area contributed by atoms with E-state index in [1.807, 2.05) is 18.2 Å². The van der Waals surface area contributed by atoms with Gasteiger partial charge in [0.15, 0.2) is 6.61 Å². The van der Waals surface area contributed by atoms with Gasteiger partial charge in [0.25, 0.3) is 5.91 Å². The fraction of sp³-hybridized carbons (Fsp3) is 0.333. The molecule has 1 fully saturated rings. The van der Waals surface area contributed by atoms with Crippen LogP contribution in [0.1, 0.15) is 30.0 Å². The van der Waals surface area contributed by atoms with Crippen LogP contribution in [0.5, 0.6) is 17.2 Å². The average molecular weight is 466 g/mol. The van der Waals surface area contributed by atoms with Gasteiger partial charge in [0, 0.05) is 31.5 Å². The summed E-state index contributed by atoms with van der Waals surface area (Å²) >= 11 is 0. The highest BCUT2D eigenvalue weighted by atomic mass is 16.5. The number of fused-ring (bicyclic) bond motifs is 1. The van der Waals surface area contributed by atoms with Crippen molar-refractivity contribution in [1.82, 2.24) is 20.4 Å². The minimum Gasteiger partial charge on any atom is -0.497 e. The standard InChI is InChI=1S/C24H26N4O6/c1-28-23-17(22(27-28)18-7-8-20(29)26-24(18)31)5-4-6-19(23)34-13-21(30)25-12-14-9-15(32-2)11-16(10-14)33-3/h4-6,9-11,18H,7-8,12-13H2,1-3H3,(H,25,30)(H,26,29,31). The number of rotatable bonds is 8. The molecule has 0 radical (unpaired) electrons. The SMILES string of the molecule is COc1cc(CNC(=O)COc2cccc3c(C4CCC(=O)NC4=O)nn(C)c23)cc(OC)c1. The monoisotopic (exact) mass is 466 g/mol. The molecule has 34 heavy (non-hydrogen) atoms. The number of piperidine rings is 1. The molecule has 1 saturated heterocycles. The Balaban J connectivity index is 1.45. The number of para-hydroxylation sites is 1. The van der Waals surface area contributed by atoms with E-state index in [-0.39, 0.29) is 37.3 Å². The number of nitrogens with one attached hydrogen (secondary N) is 2. The molecule has 4 rings (SSSR count). The first-order chi connectivity index (χ1) is 16.4. The van der Waals surface area contributed by atoms with Gasteiger partial charge in [0.2, 0.25) is 11.8 Å². The van der Waals surface area contributed by atoms with Crippen molar-refractivity contribution in [3.8, 4) is 17.2 Å². The maximum atomic E-state index is 12.4. The number of carbonyl (C=O) groups is 3. The maximum Gasteiger partial charge on any atom is 0.258 e. The van der Waals surface area contributed by atoms with Crippen molar-refractivity contribution in [3.63, 3.8) is 0 Å². The van der Waals surface area contributed by atoms with Crippen molar-refractivity contribution >= 4 is 28.6 Å².